The topological polar surface area (TPSA) is 58.6 Å². The molecule has 0 fully saturated rings. The molecule has 1 unspecified atom stereocenters. The van der Waals surface area contributed by atoms with Crippen LogP contribution in [0.25, 0.3) is 0 Å². The van der Waals surface area contributed by atoms with E-state index in [9.17, 15) is 9.90 Å². The highest BCUT2D eigenvalue weighted by Crippen LogP contribution is 2.14. The molecular weight excluding hydrogens is 254 g/mol. The van der Waals surface area contributed by atoms with Gasteiger partial charge in [-0.2, -0.15) is 0 Å². The second-order valence-electron chi connectivity index (χ2n) is 4.81. The summed E-state index contributed by atoms with van der Waals surface area (Å²) in [6.45, 7) is 6.84. The number of carbonyl (C=O) groups excluding carboxylic acids is 1. The summed E-state index contributed by atoms with van der Waals surface area (Å²) in [4.78, 5) is 12.0. The molecule has 4 nitrogen and oxygen atoms in total. The number of nitrogens with one attached hydrogen (secondary N) is 1. The van der Waals surface area contributed by atoms with Crippen molar-refractivity contribution in [3.8, 4) is 5.75 Å². The average molecular weight is 279 g/mol. The summed E-state index contributed by atoms with van der Waals surface area (Å²) in [7, 11) is 0. The molecule has 0 aromatic heterocycles. The van der Waals surface area contributed by atoms with Gasteiger partial charge in [0.2, 0.25) is 0 Å². The number of amides is 1. The zero-order valence-corrected chi connectivity index (χ0v) is 12.6. The summed E-state index contributed by atoms with van der Waals surface area (Å²) < 4.78 is 5.37. The predicted octanol–water partition coefficient (Wildman–Crippen LogP) is 2.61. The standard InChI is InChI=1S/C16H25NO3/c1-4-12(5-2)15(18)11-17-16(19)13-8-7-9-14(10-13)20-6-3/h7-10,12,15,18H,4-6,11H2,1-3H3,(H,17,19). The van der Waals surface area contributed by atoms with Crippen LogP contribution in [0.3, 0.4) is 0 Å². The van der Waals surface area contributed by atoms with Gasteiger partial charge in [0.25, 0.3) is 5.91 Å². The lowest BCUT2D eigenvalue weighted by Gasteiger charge is -2.20. The molecule has 4 heteroatoms. The predicted molar refractivity (Wildman–Crippen MR) is 80.0 cm³/mol. The lowest BCUT2D eigenvalue weighted by Crippen LogP contribution is -2.36. The molecule has 0 aliphatic heterocycles. The van der Waals surface area contributed by atoms with E-state index in [2.05, 4.69) is 5.32 Å². The van der Waals surface area contributed by atoms with E-state index in [4.69, 9.17) is 4.74 Å². The van der Waals surface area contributed by atoms with E-state index in [0.29, 0.717) is 17.9 Å². The van der Waals surface area contributed by atoms with Crippen molar-refractivity contribution in [1.82, 2.24) is 5.32 Å². The fourth-order valence-corrected chi connectivity index (χ4v) is 2.19. The van der Waals surface area contributed by atoms with Crippen LogP contribution < -0.4 is 10.1 Å². The lowest BCUT2D eigenvalue weighted by atomic mass is 9.96. The zero-order chi connectivity index (χ0) is 15.0. The lowest BCUT2D eigenvalue weighted by molar-refractivity contribution is 0.0816. The highest BCUT2D eigenvalue weighted by Gasteiger charge is 2.16. The Labute approximate surface area is 121 Å². The zero-order valence-electron chi connectivity index (χ0n) is 12.6. The van der Waals surface area contributed by atoms with Gasteiger partial charge in [0, 0.05) is 12.1 Å². The molecular formula is C16H25NO3. The number of aliphatic hydroxyl groups excluding tert-OH is 1. The minimum absolute atomic E-state index is 0.184. The van der Waals surface area contributed by atoms with E-state index in [1.54, 1.807) is 18.2 Å². The number of hydrogen-bond donors (Lipinski definition) is 2. The van der Waals surface area contributed by atoms with Crippen LogP contribution in [0.2, 0.25) is 0 Å². The Hall–Kier alpha value is -1.55. The maximum Gasteiger partial charge on any atom is 0.251 e. The Kier molecular flexibility index (Phi) is 7.09. The minimum Gasteiger partial charge on any atom is -0.494 e. The first-order chi connectivity index (χ1) is 9.62. The number of ether oxygens (including phenoxy) is 1. The number of benzene rings is 1. The third kappa shape index (κ3) is 4.85. The van der Waals surface area contributed by atoms with Gasteiger partial charge in [0.1, 0.15) is 5.75 Å². The quantitative estimate of drug-likeness (QED) is 0.769. The van der Waals surface area contributed by atoms with Gasteiger partial charge >= 0.3 is 0 Å². The van der Waals surface area contributed by atoms with Gasteiger partial charge in [-0.1, -0.05) is 32.8 Å². The number of rotatable bonds is 8. The van der Waals surface area contributed by atoms with E-state index in [-0.39, 0.29) is 18.4 Å². The SMILES string of the molecule is CCOc1cccc(C(=O)NCC(O)C(CC)CC)c1. The second-order valence-corrected chi connectivity index (χ2v) is 4.81. The van der Waals surface area contributed by atoms with Crippen molar-refractivity contribution in [3.05, 3.63) is 29.8 Å². The molecule has 1 amide bonds. The van der Waals surface area contributed by atoms with Crippen LogP contribution in [0.4, 0.5) is 0 Å². The van der Waals surface area contributed by atoms with Gasteiger partial charge in [0.15, 0.2) is 0 Å². The maximum atomic E-state index is 12.0. The Balaban J connectivity index is 2.56. The first-order valence-corrected chi connectivity index (χ1v) is 7.31. The summed E-state index contributed by atoms with van der Waals surface area (Å²) in [5.41, 5.74) is 0.549. The molecule has 1 aromatic rings. The van der Waals surface area contributed by atoms with Crippen molar-refractivity contribution in [2.24, 2.45) is 5.92 Å². The Morgan fingerprint density at radius 3 is 2.60 bits per heavy atom. The fraction of sp³-hybridized carbons (Fsp3) is 0.562. The van der Waals surface area contributed by atoms with Crippen molar-refractivity contribution in [2.75, 3.05) is 13.2 Å². The smallest absolute Gasteiger partial charge is 0.251 e. The van der Waals surface area contributed by atoms with Gasteiger partial charge < -0.3 is 15.2 Å². The molecule has 0 saturated heterocycles. The normalized spacial score (nSPS) is 12.2. The van der Waals surface area contributed by atoms with Gasteiger partial charge in [-0.15, -0.1) is 0 Å². The minimum atomic E-state index is -0.496. The van der Waals surface area contributed by atoms with Crippen LogP contribution in [0.15, 0.2) is 24.3 Å². The van der Waals surface area contributed by atoms with Crippen molar-refractivity contribution >= 4 is 5.91 Å². The third-order valence-electron chi connectivity index (χ3n) is 3.47. The molecule has 0 aliphatic carbocycles. The molecule has 112 valence electrons. The number of aliphatic hydroxyl groups is 1. The van der Waals surface area contributed by atoms with Crippen LogP contribution in [-0.2, 0) is 0 Å². The summed E-state index contributed by atoms with van der Waals surface area (Å²) >= 11 is 0. The van der Waals surface area contributed by atoms with E-state index in [0.717, 1.165) is 12.8 Å². The highest BCUT2D eigenvalue weighted by atomic mass is 16.5. The van der Waals surface area contributed by atoms with Gasteiger partial charge in [-0.05, 0) is 31.0 Å². The summed E-state index contributed by atoms with van der Waals surface area (Å²) in [5.74, 6) is 0.724. The summed E-state index contributed by atoms with van der Waals surface area (Å²) in [5, 5.41) is 12.8. The van der Waals surface area contributed by atoms with Crippen LogP contribution in [0.5, 0.6) is 5.75 Å². The Morgan fingerprint density at radius 2 is 2.00 bits per heavy atom. The largest absolute Gasteiger partial charge is 0.494 e. The highest BCUT2D eigenvalue weighted by molar-refractivity contribution is 5.94. The molecule has 0 heterocycles. The molecule has 0 bridgehead atoms. The van der Waals surface area contributed by atoms with Crippen LogP contribution >= 0.6 is 0 Å². The Bertz CT molecular complexity index is 416. The molecule has 2 N–H and O–H groups in total. The van der Waals surface area contributed by atoms with E-state index < -0.39 is 6.10 Å². The molecule has 1 atom stereocenters. The molecule has 1 aromatic carbocycles. The third-order valence-corrected chi connectivity index (χ3v) is 3.47. The monoisotopic (exact) mass is 279 g/mol. The van der Waals surface area contributed by atoms with E-state index in [1.807, 2.05) is 26.8 Å². The molecule has 20 heavy (non-hydrogen) atoms. The Morgan fingerprint density at radius 1 is 1.30 bits per heavy atom. The van der Waals surface area contributed by atoms with Gasteiger partial charge in [-0.3, -0.25) is 4.79 Å². The van der Waals surface area contributed by atoms with Gasteiger partial charge in [-0.25, -0.2) is 0 Å². The molecule has 0 saturated carbocycles. The fourth-order valence-electron chi connectivity index (χ4n) is 2.19. The summed E-state index contributed by atoms with van der Waals surface area (Å²) in [6.07, 6.45) is 1.32. The van der Waals surface area contributed by atoms with E-state index in [1.165, 1.54) is 0 Å². The van der Waals surface area contributed by atoms with E-state index >= 15 is 0 Å². The van der Waals surface area contributed by atoms with Crippen LogP contribution in [0, 0.1) is 5.92 Å². The van der Waals surface area contributed by atoms with Crippen LogP contribution in [0.1, 0.15) is 44.0 Å². The number of carbonyl (C=O) groups is 1. The first-order valence-electron chi connectivity index (χ1n) is 7.31. The molecule has 0 aliphatic rings. The molecule has 0 radical (unpaired) electrons. The van der Waals surface area contributed by atoms with Crippen molar-refractivity contribution < 1.29 is 14.6 Å². The molecule has 0 spiro atoms. The van der Waals surface area contributed by atoms with Crippen LogP contribution in [-0.4, -0.2) is 30.3 Å². The molecule has 1 rings (SSSR count). The van der Waals surface area contributed by atoms with Crippen molar-refractivity contribution in [3.63, 3.8) is 0 Å². The second kappa shape index (κ2) is 8.59. The average Bonchev–Trinajstić information content (AvgIpc) is 2.46. The van der Waals surface area contributed by atoms with Crippen molar-refractivity contribution in [2.45, 2.75) is 39.7 Å². The maximum absolute atomic E-state index is 12.0. The first kappa shape index (κ1) is 16.5. The number of hydrogen-bond acceptors (Lipinski definition) is 3. The van der Waals surface area contributed by atoms with Gasteiger partial charge in [0.05, 0.1) is 12.7 Å². The summed E-state index contributed by atoms with van der Waals surface area (Å²) in [6, 6.07) is 7.06. The van der Waals surface area contributed by atoms with Crippen molar-refractivity contribution in [1.29, 1.82) is 0 Å².